The molecule has 1 aromatic rings. The molecule has 2 heterocycles. The van der Waals surface area contributed by atoms with E-state index in [0.29, 0.717) is 6.04 Å². The van der Waals surface area contributed by atoms with Crippen LogP contribution >= 0.6 is 0 Å². The van der Waals surface area contributed by atoms with Crippen molar-refractivity contribution in [3.63, 3.8) is 0 Å². The molecule has 2 aliphatic heterocycles. The van der Waals surface area contributed by atoms with E-state index < -0.39 is 0 Å². The van der Waals surface area contributed by atoms with Crippen molar-refractivity contribution in [1.82, 2.24) is 10.2 Å². The van der Waals surface area contributed by atoms with Gasteiger partial charge in [0.1, 0.15) is 11.4 Å². The van der Waals surface area contributed by atoms with Gasteiger partial charge in [0.2, 0.25) is 5.91 Å². The average molecular weight is 342 g/mol. The van der Waals surface area contributed by atoms with Crippen LogP contribution in [0.3, 0.4) is 0 Å². The normalized spacial score (nSPS) is 25.2. The summed E-state index contributed by atoms with van der Waals surface area (Å²) in [6.45, 7) is 4.60. The molecule has 0 unspecified atom stereocenters. The Morgan fingerprint density at radius 3 is 2.72 bits per heavy atom. The summed E-state index contributed by atoms with van der Waals surface area (Å²) in [4.78, 5) is 13.4. The first-order valence-electron chi connectivity index (χ1n) is 9.92. The van der Waals surface area contributed by atoms with E-state index in [1.165, 1.54) is 31.2 Å². The van der Waals surface area contributed by atoms with Gasteiger partial charge in [0.05, 0.1) is 0 Å². The number of benzene rings is 1. The highest BCUT2D eigenvalue weighted by Gasteiger charge is 2.45. The Balaban J connectivity index is 1.31. The number of nitrogens with one attached hydrogen (secondary N) is 1. The fraction of sp³-hybridized carbons (Fsp3) is 0.667. The number of hydrogen-bond acceptors (Lipinski definition) is 3. The zero-order valence-corrected chi connectivity index (χ0v) is 15.3. The first-order valence-corrected chi connectivity index (χ1v) is 9.92. The maximum Gasteiger partial charge on any atom is 0.219 e. The van der Waals surface area contributed by atoms with Crippen LogP contribution in [0.4, 0.5) is 0 Å². The minimum absolute atomic E-state index is 0.0961. The molecule has 25 heavy (non-hydrogen) atoms. The number of carbonyl (C=O) groups excluding carboxylic acids is 1. The van der Waals surface area contributed by atoms with E-state index in [-0.39, 0.29) is 11.5 Å². The number of rotatable bonds is 4. The quantitative estimate of drug-likeness (QED) is 0.908. The number of carbonyl (C=O) groups is 1. The van der Waals surface area contributed by atoms with E-state index >= 15 is 0 Å². The lowest BCUT2D eigenvalue weighted by Gasteiger charge is -2.48. The van der Waals surface area contributed by atoms with Crippen molar-refractivity contribution in [3.05, 3.63) is 29.8 Å². The first kappa shape index (κ1) is 16.9. The Morgan fingerprint density at radius 1 is 1.28 bits per heavy atom. The third-order valence-corrected chi connectivity index (χ3v) is 6.46. The summed E-state index contributed by atoms with van der Waals surface area (Å²) in [5.74, 6) is 2.05. The molecular formula is C21H30N2O2. The van der Waals surface area contributed by atoms with Crippen LogP contribution in [0.15, 0.2) is 24.3 Å². The van der Waals surface area contributed by atoms with Crippen molar-refractivity contribution in [3.8, 4) is 5.75 Å². The number of para-hydroxylation sites is 1. The van der Waals surface area contributed by atoms with E-state index in [1.807, 2.05) is 4.90 Å². The molecule has 136 valence electrons. The standard InChI is InChI=1S/C21H30N2O2/c1-16(24)23-13-8-17(9-14-23)7-12-22-19-15-21(10-4-11-21)25-20-6-3-2-5-18(19)20/h2-3,5-6,17,19,22H,4,7-15H2,1H3/t19-/m0/s1. The van der Waals surface area contributed by atoms with Gasteiger partial charge in [-0.15, -0.1) is 0 Å². The van der Waals surface area contributed by atoms with Gasteiger partial charge in [-0.05, 0) is 57.1 Å². The second-order valence-electron chi connectivity index (χ2n) is 8.13. The predicted octanol–water partition coefficient (Wildman–Crippen LogP) is 3.67. The van der Waals surface area contributed by atoms with Crippen LogP contribution in [0.5, 0.6) is 5.75 Å². The van der Waals surface area contributed by atoms with E-state index in [4.69, 9.17) is 4.74 Å². The molecule has 4 rings (SSSR count). The fourth-order valence-corrected chi connectivity index (χ4v) is 4.68. The predicted molar refractivity (Wildman–Crippen MR) is 98.6 cm³/mol. The number of likely N-dealkylation sites (tertiary alicyclic amines) is 1. The molecule has 1 aromatic carbocycles. The van der Waals surface area contributed by atoms with Gasteiger partial charge >= 0.3 is 0 Å². The maximum absolute atomic E-state index is 11.4. The molecule has 1 spiro atoms. The number of piperidine rings is 1. The molecule has 4 heteroatoms. The molecule has 0 aromatic heterocycles. The second kappa shape index (κ2) is 6.99. The van der Waals surface area contributed by atoms with Gasteiger partial charge < -0.3 is 15.0 Å². The number of hydrogen-bond donors (Lipinski definition) is 1. The molecule has 3 aliphatic rings. The van der Waals surface area contributed by atoms with Crippen molar-refractivity contribution in [2.24, 2.45) is 5.92 Å². The van der Waals surface area contributed by atoms with E-state index in [0.717, 1.165) is 50.6 Å². The lowest BCUT2D eigenvalue weighted by atomic mass is 9.73. The fourth-order valence-electron chi connectivity index (χ4n) is 4.68. The van der Waals surface area contributed by atoms with Crippen LogP contribution in [0.2, 0.25) is 0 Å². The van der Waals surface area contributed by atoms with Crippen molar-refractivity contribution < 1.29 is 9.53 Å². The molecule has 2 fully saturated rings. The average Bonchev–Trinajstić information content (AvgIpc) is 2.60. The number of fused-ring (bicyclic) bond motifs is 1. The lowest BCUT2D eigenvalue weighted by molar-refractivity contribution is -0.130. The number of amides is 1. The molecule has 1 amide bonds. The molecule has 4 nitrogen and oxygen atoms in total. The zero-order valence-electron chi connectivity index (χ0n) is 15.3. The van der Waals surface area contributed by atoms with Gasteiger partial charge in [0.25, 0.3) is 0 Å². The smallest absolute Gasteiger partial charge is 0.219 e. The largest absolute Gasteiger partial charge is 0.487 e. The lowest BCUT2D eigenvalue weighted by Crippen LogP contribution is -2.49. The van der Waals surface area contributed by atoms with Crippen molar-refractivity contribution in [2.45, 2.75) is 63.5 Å². The van der Waals surface area contributed by atoms with Crippen LogP contribution in [0, 0.1) is 5.92 Å². The Hall–Kier alpha value is -1.55. The van der Waals surface area contributed by atoms with Crippen LogP contribution in [-0.2, 0) is 4.79 Å². The van der Waals surface area contributed by atoms with Gasteiger partial charge in [-0.25, -0.2) is 0 Å². The summed E-state index contributed by atoms with van der Waals surface area (Å²) in [6, 6.07) is 8.95. The summed E-state index contributed by atoms with van der Waals surface area (Å²) in [5.41, 5.74) is 1.42. The Morgan fingerprint density at radius 2 is 2.04 bits per heavy atom. The van der Waals surface area contributed by atoms with Crippen LogP contribution in [0.25, 0.3) is 0 Å². The zero-order chi connectivity index (χ0) is 17.3. The van der Waals surface area contributed by atoms with Gasteiger partial charge in [0.15, 0.2) is 0 Å². The van der Waals surface area contributed by atoms with Crippen LogP contribution in [0.1, 0.15) is 63.5 Å². The minimum Gasteiger partial charge on any atom is -0.487 e. The molecule has 1 N–H and O–H groups in total. The summed E-state index contributed by atoms with van der Waals surface area (Å²) >= 11 is 0. The molecule has 1 saturated carbocycles. The second-order valence-corrected chi connectivity index (χ2v) is 8.13. The SMILES string of the molecule is CC(=O)N1CCC(CCN[C@H]2CC3(CCC3)Oc3ccccc32)CC1. The van der Waals surface area contributed by atoms with E-state index in [2.05, 4.69) is 29.6 Å². The van der Waals surface area contributed by atoms with Crippen LogP contribution < -0.4 is 10.1 Å². The van der Waals surface area contributed by atoms with Gasteiger partial charge in [-0.1, -0.05) is 18.2 Å². The molecular weight excluding hydrogens is 312 g/mol. The summed E-state index contributed by atoms with van der Waals surface area (Å²) in [5, 5.41) is 3.82. The molecule has 0 radical (unpaired) electrons. The first-order chi connectivity index (χ1) is 12.2. The third-order valence-electron chi connectivity index (χ3n) is 6.46. The molecule has 0 bridgehead atoms. The maximum atomic E-state index is 11.4. The Bertz CT molecular complexity index is 618. The Kier molecular flexibility index (Phi) is 4.72. The third kappa shape index (κ3) is 3.55. The summed E-state index contributed by atoms with van der Waals surface area (Å²) in [7, 11) is 0. The number of nitrogens with zero attached hydrogens (tertiary/aromatic N) is 1. The highest BCUT2D eigenvalue weighted by molar-refractivity contribution is 5.73. The van der Waals surface area contributed by atoms with Crippen LogP contribution in [-0.4, -0.2) is 36.0 Å². The number of ether oxygens (including phenoxy) is 1. The highest BCUT2D eigenvalue weighted by atomic mass is 16.5. The van der Waals surface area contributed by atoms with Gasteiger partial charge in [0, 0.05) is 38.0 Å². The topological polar surface area (TPSA) is 41.6 Å². The summed E-state index contributed by atoms with van der Waals surface area (Å²) in [6.07, 6.45) is 8.30. The molecule has 1 atom stereocenters. The Labute approximate surface area is 150 Å². The van der Waals surface area contributed by atoms with Gasteiger partial charge in [-0.2, -0.15) is 0 Å². The van der Waals surface area contributed by atoms with Crippen molar-refractivity contribution in [2.75, 3.05) is 19.6 Å². The minimum atomic E-state index is 0.0961. The highest BCUT2D eigenvalue weighted by Crippen LogP contribution is 2.48. The van der Waals surface area contributed by atoms with Gasteiger partial charge in [-0.3, -0.25) is 4.79 Å². The monoisotopic (exact) mass is 342 g/mol. The molecule has 1 saturated heterocycles. The van der Waals surface area contributed by atoms with Crippen molar-refractivity contribution >= 4 is 5.91 Å². The molecule has 1 aliphatic carbocycles. The summed E-state index contributed by atoms with van der Waals surface area (Å²) < 4.78 is 6.34. The van der Waals surface area contributed by atoms with E-state index in [9.17, 15) is 4.79 Å². The van der Waals surface area contributed by atoms with Crippen molar-refractivity contribution in [1.29, 1.82) is 0 Å². The van der Waals surface area contributed by atoms with E-state index in [1.54, 1.807) is 6.92 Å².